The Hall–Kier alpha value is -2.95. The third-order valence-electron chi connectivity index (χ3n) is 4.28. The van der Waals surface area contributed by atoms with E-state index in [1.165, 1.54) is 6.33 Å². The molecule has 4 rings (SSSR count). The Bertz CT molecular complexity index is 868. The second kappa shape index (κ2) is 5.92. The largest absolute Gasteiger partial charge is 0.349 e. The van der Waals surface area contributed by atoms with E-state index in [-0.39, 0.29) is 5.91 Å². The van der Waals surface area contributed by atoms with Crippen LogP contribution < -0.4 is 5.32 Å². The lowest BCUT2D eigenvalue weighted by atomic mass is 9.93. The predicted molar refractivity (Wildman–Crippen MR) is 92.5 cm³/mol. The fraction of sp³-hybridized carbons (Fsp3) is 0.211. The lowest BCUT2D eigenvalue weighted by molar-refractivity contribution is 0.0951. The fourth-order valence-corrected chi connectivity index (χ4v) is 2.85. The summed E-state index contributed by atoms with van der Waals surface area (Å²) in [5.74, 6) is 0.555. The molecule has 0 atom stereocenters. The van der Waals surface area contributed by atoms with Crippen molar-refractivity contribution >= 4 is 5.91 Å². The number of aromatic amines is 1. The first-order valence-electron chi connectivity index (χ1n) is 8.10. The summed E-state index contributed by atoms with van der Waals surface area (Å²) in [7, 11) is 0. The van der Waals surface area contributed by atoms with Crippen LogP contribution in [-0.2, 0) is 0 Å². The van der Waals surface area contributed by atoms with E-state index in [0.717, 1.165) is 35.1 Å². The van der Waals surface area contributed by atoms with E-state index in [0.29, 0.717) is 17.4 Å². The second-order valence-electron chi connectivity index (χ2n) is 6.16. The Labute approximate surface area is 140 Å². The number of hydrogen-bond acceptors (Lipinski definition) is 3. The number of amides is 1. The zero-order valence-electron chi connectivity index (χ0n) is 13.4. The Morgan fingerprint density at radius 2 is 1.96 bits per heavy atom. The maximum atomic E-state index is 12.7. The highest BCUT2D eigenvalue weighted by Crippen LogP contribution is 2.31. The molecule has 1 aliphatic carbocycles. The summed E-state index contributed by atoms with van der Waals surface area (Å²) in [6, 6.07) is 14.4. The highest BCUT2D eigenvalue weighted by Gasteiger charge is 2.26. The van der Waals surface area contributed by atoms with Gasteiger partial charge in [0, 0.05) is 11.6 Å². The normalized spacial score (nSPS) is 13.7. The summed E-state index contributed by atoms with van der Waals surface area (Å²) in [5.41, 5.74) is 4.65. The minimum atomic E-state index is -0.0546. The van der Waals surface area contributed by atoms with Crippen molar-refractivity contribution < 1.29 is 4.79 Å². The van der Waals surface area contributed by atoms with Gasteiger partial charge in [-0.15, -0.1) is 10.2 Å². The zero-order valence-corrected chi connectivity index (χ0v) is 13.4. The molecule has 0 radical (unpaired) electrons. The first-order valence-corrected chi connectivity index (χ1v) is 8.10. The molecule has 120 valence electrons. The van der Waals surface area contributed by atoms with Crippen molar-refractivity contribution in [2.45, 2.75) is 25.8 Å². The van der Waals surface area contributed by atoms with Gasteiger partial charge >= 0.3 is 0 Å². The van der Waals surface area contributed by atoms with Crippen LogP contribution in [0, 0.1) is 6.92 Å². The van der Waals surface area contributed by atoms with Crippen molar-refractivity contribution in [2.24, 2.45) is 0 Å². The minimum absolute atomic E-state index is 0.0546. The molecule has 1 heterocycles. The summed E-state index contributed by atoms with van der Waals surface area (Å²) < 4.78 is 0. The third kappa shape index (κ3) is 2.80. The molecule has 1 amide bonds. The highest BCUT2D eigenvalue weighted by atomic mass is 16.1. The van der Waals surface area contributed by atoms with Gasteiger partial charge in [0.2, 0.25) is 0 Å². The molecular formula is C19H18N4O. The molecule has 0 saturated heterocycles. The number of H-pyrrole nitrogens is 1. The lowest BCUT2D eigenvalue weighted by Gasteiger charge is -2.13. The van der Waals surface area contributed by atoms with Gasteiger partial charge in [-0.1, -0.05) is 30.3 Å². The molecule has 0 spiro atoms. The fourth-order valence-electron chi connectivity index (χ4n) is 2.85. The van der Waals surface area contributed by atoms with Gasteiger partial charge < -0.3 is 10.3 Å². The lowest BCUT2D eigenvalue weighted by Crippen LogP contribution is -2.26. The van der Waals surface area contributed by atoms with Crippen LogP contribution in [0.3, 0.4) is 0 Å². The van der Waals surface area contributed by atoms with Crippen LogP contribution in [0.1, 0.15) is 28.8 Å². The molecule has 0 unspecified atom stereocenters. The van der Waals surface area contributed by atoms with Gasteiger partial charge in [-0.3, -0.25) is 4.79 Å². The molecular weight excluding hydrogens is 300 g/mol. The van der Waals surface area contributed by atoms with E-state index < -0.39 is 0 Å². The van der Waals surface area contributed by atoms with Crippen LogP contribution in [0.4, 0.5) is 0 Å². The van der Waals surface area contributed by atoms with E-state index in [1.54, 1.807) is 0 Å². The average molecular weight is 318 g/mol. The first kappa shape index (κ1) is 14.6. The van der Waals surface area contributed by atoms with E-state index in [1.807, 2.05) is 37.3 Å². The molecule has 1 aromatic heterocycles. The SMILES string of the molecule is Cc1cc(-c2nnc[nH]2)c(C(=O)NC2CC2)cc1-c1ccccc1. The molecule has 24 heavy (non-hydrogen) atoms. The summed E-state index contributed by atoms with van der Waals surface area (Å²) in [6.45, 7) is 2.05. The van der Waals surface area contributed by atoms with Gasteiger partial charge in [0.25, 0.3) is 5.91 Å². The van der Waals surface area contributed by atoms with Crippen molar-refractivity contribution in [3.8, 4) is 22.5 Å². The van der Waals surface area contributed by atoms with Gasteiger partial charge in [-0.2, -0.15) is 0 Å². The molecule has 1 aliphatic rings. The molecule has 0 aliphatic heterocycles. The Morgan fingerprint density at radius 1 is 1.17 bits per heavy atom. The van der Waals surface area contributed by atoms with Gasteiger partial charge in [-0.25, -0.2) is 0 Å². The summed E-state index contributed by atoms with van der Waals surface area (Å²) in [4.78, 5) is 15.7. The summed E-state index contributed by atoms with van der Waals surface area (Å²) >= 11 is 0. The topological polar surface area (TPSA) is 70.7 Å². The van der Waals surface area contributed by atoms with E-state index in [4.69, 9.17) is 0 Å². The number of rotatable bonds is 4. The quantitative estimate of drug-likeness (QED) is 0.775. The van der Waals surface area contributed by atoms with Gasteiger partial charge in [0.05, 0.1) is 5.56 Å². The number of nitrogens with zero attached hydrogens (tertiary/aromatic N) is 2. The first-order chi connectivity index (χ1) is 11.7. The van der Waals surface area contributed by atoms with Crippen LogP contribution in [0.25, 0.3) is 22.5 Å². The number of carbonyl (C=O) groups excluding carboxylic acids is 1. The van der Waals surface area contributed by atoms with Crippen molar-refractivity contribution in [2.75, 3.05) is 0 Å². The number of aromatic nitrogens is 3. The van der Waals surface area contributed by atoms with Crippen molar-refractivity contribution in [3.05, 3.63) is 59.9 Å². The van der Waals surface area contributed by atoms with Crippen LogP contribution >= 0.6 is 0 Å². The number of carbonyl (C=O) groups is 1. The number of nitrogens with one attached hydrogen (secondary N) is 2. The second-order valence-corrected chi connectivity index (χ2v) is 6.16. The van der Waals surface area contributed by atoms with Crippen LogP contribution in [-0.4, -0.2) is 27.1 Å². The number of aryl methyl sites for hydroxylation is 1. The van der Waals surface area contributed by atoms with Crippen molar-refractivity contribution in [1.29, 1.82) is 0 Å². The Morgan fingerprint density at radius 3 is 2.62 bits per heavy atom. The Balaban J connectivity index is 1.84. The Kier molecular flexibility index (Phi) is 3.61. The predicted octanol–water partition coefficient (Wildman–Crippen LogP) is 3.34. The van der Waals surface area contributed by atoms with E-state index >= 15 is 0 Å². The molecule has 3 aromatic rings. The molecule has 0 bridgehead atoms. The van der Waals surface area contributed by atoms with Gasteiger partial charge in [-0.05, 0) is 48.6 Å². The number of hydrogen-bond donors (Lipinski definition) is 2. The third-order valence-corrected chi connectivity index (χ3v) is 4.28. The molecule has 2 aromatic carbocycles. The highest BCUT2D eigenvalue weighted by molar-refractivity contribution is 6.02. The standard InChI is InChI=1S/C19H18N4O/c1-12-9-16(18-20-11-21-23-18)17(19(24)22-14-7-8-14)10-15(12)13-5-3-2-4-6-13/h2-6,9-11,14H,7-8H2,1H3,(H,22,24)(H,20,21,23). The molecule has 1 saturated carbocycles. The monoisotopic (exact) mass is 318 g/mol. The van der Waals surface area contributed by atoms with Crippen LogP contribution in [0.2, 0.25) is 0 Å². The van der Waals surface area contributed by atoms with Gasteiger partial charge in [0.15, 0.2) is 5.82 Å². The zero-order chi connectivity index (χ0) is 16.5. The molecule has 2 N–H and O–H groups in total. The van der Waals surface area contributed by atoms with E-state index in [9.17, 15) is 4.79 Å². The molecule has 5 heteroatoms. The maximum absolute atomic E-state index is 12.7. The molecule has 1 fully saturated rings. The van der Waals surface area contributed by atoms with Crippen LogP contribution in [0.15, 0.2) is 48.8 Å². The summed E-state index contributed by atoms with van der Waals surface area (Å²) in [5, 5.41) is 11.0. The number of benzene rings is 2. The molecule has 5 nitrogen and oxygen atoms in total. The average Bonchev–Trinajstić information content (AvgIpc) is 3.24. The van der Waals surface area contributed by atoms with Crippen molar-refractivity contribution in [3.63, 3.8) is 0 Å². The summed E-state index contributed by atoms with van der Waals surface area (Å²) in [6.07, 6.45) is 3.64. The maximum Gasteiger partial charge on any atom is 0.252 e. The van der Waals surface area contributed by atoms with Crippen molar-refractivity contribution in [1.82, 2.24) is 20.5 Å². The van der Waals surface area contributed by atoms with E-state index in [2.05, 4.69) is 32.6 Å². The minimum Gasteiger partial charge on any atom is -0.349 e. The van der Waals surface area contributed by atoms with Crippen LogP contribution in [0.5, 0.6) is 0 Å². The van der Waals surface area contributed by atoms with Gasteiger partial charge in [0.1, 0.15) is 6.33 Å². The smallest absolute Gasteiger partial charge is 0.252 e.